The average molecular weight is 253 g/mol. The fraction of sp³-hybridized carbons (Fsp3) is 0.571. The van der Waals surface area contributed by atoms with Gasteiger partial charge in [0.1, 0.15) is 0 Å². The molecule has 2 nitrogen and oxygen atoms in total. The minimum atomic E-state index is 0.120. The van der Waals surface area contributed by atoms with Crippen LogP contribution < -0.4 is 5.73 Å². The second-order valence-corrected chi connectivity index (χ2v) is 6.11. The lowest BCUT2D eigenvalue weighted by atomic mass is 9.84. The van der Waals surface area contributed by atoms with Crippen molar-refractivity contribution < 1.29 is 0 Å². The summed E-state index contributed by atoms with van der Waals surface area (Å²) in [6.07, 6.45) is 1.12. The van der Waals surface area contributed by atoms with E-state index in [1.807, 2.05) is 12.1 Å². The van der Waals surface area contributed by atoms with Crippen molar-refractivity contribution in [3.63, 3.8) is 0 Å². The van der Waals surface area contributed by atoms with Gasteiger partial charge in [0, 0.05) is 29.6 Å². The Hall–Kier alpha value is -0.570. The van der Waals surface area contributed by atoms with E-state index >= 15 is 0 Å². The quantitative estimate of drug-likeness (QED) is 0.896. The summed E-state index contributed by atoms with van der Waals surface area (Å²) in [7, 11) is 0. The minimum Gasteiger partial charge on any atom is -0.326 e. The molecule has 1 aromatic rings. The van der Waals surface area contributed by atoms with Gasteiger partial charge in [-0.1, -0.05) is 37.6 Å². The van der Waals surface area contributed by atoms with Gasteiger partial charge in [-0.05, 0) is 30.7 Å². The van der Waals surface area contributed by atoms with E-state index in [0.29, 0.717) is 6.04 Å². The number of hydrogen-bond donors (Lipinski definition) is 1. The monoisotopic (exact) mass is 252 g/mol. The number of nitrogens with two attached hydrogens (primary N) is 1. The highest BCUT2D eigenvalue weighted by atomic mass is 35.5. The second-order valence-electron chi connectivity index (χ2n) is 5.68. The van der Waals surface area contributed by atoms with Crippen LogP contribution in [-0.2, 0) is 5.41 Å². The van der Waals surface area contributed by atoms with Crippen LogP contribution in [0.3, 0.4) is 0 Å². The van der Waals surface area contributed by atoms with E-state index in [-0.39, 0.29) is 5.41 Å². The maximum atomic E-state index is 6.06. The molecule has 1 heterocycles. The molecule has 0 amide bonds. The third-order valence-corrected chi connectivity index (χ3v) is 3.77. The number of halogens is 1. The fourth-order valence-corrected chi connectivity index (χ4v) is 2.76. The smallest absolute Gasteiger partial charge is 0.0408 e. The van der Waals surface area contributed by atoms with Gasteiger partial charge >= 0.3 is 0 Å². The van der Waals surface area contributed by atoms with Gasteiger partial charge in [-0.15, -0.1) is 0 Å². The van der Waals surface area contributed by atoms with Crippen molar-refractivity contribution in [3.8, 4) is 0 Å². The molecule has 0 aliphatic carbocycles. The van der Waals surface area contributed by atoms with Crippen LogP contribution in [-0.4, -0.2) is 30.6 Å². The highest BCUT2D eigenvalue weighted by molar-refractivity contribution is 6.30. The zero-order valence-corrected chi connectivity index (χ0v) is 11.4. The summed E-state index contributed by atoms with van der Waals surface area (Å²) >= 11 is 6.06. The van der Waals surface area contributed by atoms with Crippen molar-refractivity contribution in [2.24, 2.45) is 5.73 Å². The zero-order valence-electron chi connectivity index (χ0n) is 10.6. The Balaban J connectivity index is 2.08. The number of nitrogens with zero attached hydrogens (tertiary/aromatic N) is 1. The molecule has 0 aromatic heterocycles. The molecule has 94 valence electrons. The summed E-state index contributed by atoms with van der Waals surface area (Å²) in [4.78, 5) is 2.45. The number of likely N-dealkylation sites (tertiary alicyclic amines) is 1. The lowest BCUT2D eigenvalue weighted by Gasteiger charge is -2.30. The lowest BCUT2D eigenvalue weighted by Crippen LogP contribution is -2.37. The molecule has 0 saturated carbocycles. The fourth-order valence-electron chi connectivity index (χ4n) is 2.57. The van der Waals surface area contributed by atoms with Crippen LogP contribution in [0.4, 0.5) is 0 Å². The molecule has 2 N–H and O–H groups in total. The van der Waals surface area contributed by atoms with Gasteiger partial charge in [0.2, 0.25) is 0 Å². The predicted molar refractivity (Wildman–Crippen MR) is 73.5 cm³/mol. The SMILES string of the molecule is CC(C)(CN1CCC(N)C1)c1cccc(Cl)c1. The van der Waals surface area contributed by atoms with Crippen molar-refractivity contribution in [1.82, 2.24) is 4.90 Å². The number of hydrogen-bond acceptors (Lipinski definition) is 2. The van der Waals surface area contributed by atoms with E-state index in [2.05, 4.69) is 30.9 Å². The summed E-state index contributed by atoms with van der Waals surface area (Å²) in [6, 6.07) is 8.52. The van der Waals surface area contributed by atoms with Crippen molar-refractivity contribution in [2.75, 3.05) is 19.6 Å². The van der Waals surface area contributed by atoms with Crippen LogP contribution in [0.1, 0.15) is 25.8 Å². The number of benzene rings is 1. The topological polar surface area (TPSA) is 29.3 Å². The zero-order chi connectivity index (χ0) is 12.5. The van der Waals surface area contributed by atoms with Gasteiger partial charge in [-0.25, -0.2) is 0 Å². The summed E-state index contributed by atoms with van der Waals surface area (Å²) in [5.74, 6) is 0. The molecule has 1 saturated heterocycles. The maximum absolute atomic E-state index is 6.06. The van der Waals surface area contributed by atoms with Crippen LogP contribution >= 0.6 is 11.6 Å². The first-order chi connectivity index (χ1) is 7.97. The van der Waals surface area contributed by atoms with E-state index in [4.69, 9.17) is 17.3 Å². The van der Waals surface area contributed by atoms with E-state index in [1.165, 1.54) is 5.56 Å². The molecule has 3 heteroatoms. The molecular formula is C14H21ClN2. The van der Waals surface area contributed by atoms with E-state index in [0.717, 1.165) is 31.1 Å². The first-order valence-corrected chi connectivity index (χ1v) is 6.59. The summed E-state index contributed by atoms with van der Waals surface area (Å²) in [5.41, 5.74) is 7.36. The Bertz CT molecular complexity index is 390. The average Bonchev–Trinajstić information content (AvgIpc) is 2.63. The van der Waals surface area contributed by atoms with Crippen LogP contribution in [0, 0.1) is 0 Å². The summed E-state index contributed by atoms with van der Waals surface area (Å²) in [6.45, 7) is 7.71. The third kappa shape index (κ3) is 3.21. The third-order valence-electron chi connectivity index (χ3n) is 3.53. The van der Waals surface area contributed by atoms with Gasteiger partial charge in [-0.2, -0.15) is 0 Å². The second kappa shape index (κ2) is 4.97. The summed E-state index contributed by atoms with van der Waals surface area (Å²) < 4.78 is 0. The highest BCUT2D eigenvalue weighted by Crippen LogP contribution is 2.27. The van der Waals surface area contributed by atoms with Gasteiger partial charge in [0.15, 0.2) is 0 Å². The molecule has 1 aliphatic rings. The lowest BCUT2D eigenvalue weighted by molar-refractivity contribution is 0.266. The minimum absolute atomic E-state index is 0.120. The number of rotatable bonds is 3. The van der Waals surface area contributed by atoms with Crippen molar-refractivity contribution in [1.29, 1.82) is 0 Å². The molecule has 0 radical (unpaired) electrons. The molecule has 1 unspecified atom stereocenters. The Morgan fingerprint density at radius 1 is 1.47 bits per heavy atom. The molecule has 2 rings (SSSR count). The molecule has 17 heavy (non-hydrogen) atoms. The van der Waals surface area contributed by atoms with Crippen LogP contribution in [0.15, 0.2) is 24.3 Å². The van der Waals surface area contributed by atoms with Crippen molar-refractivity contribution >= 4 is 11.6 Å². The van der Waals surface area contributed by atoms with E-state index in [1.54, 1.807) is 0 Å². The molecular weight excluding hydrogens is 232 g/mol. The summed E-state index contributed by atoms with van der Waals surface area (Å²) in [5, 5.41) is 0.814. The standard InChI is InChI=1S/C14H21ClN2/c1-14(2,10-17-7-6-13(16)9-17)11-4-3-5-12(15)8-11/h3-5,8,13H,6-7,9-10,16H2,1-2H3. The molecule has 1 aliphatic heterocycles. The highest BCUT2D eigenvalue weighted by Gasteiger charge is 2.27. The molecule has 1 aromatic carbocycles. The molecule has 1 atom stereocenters. The van der Waals surface area contributed by atoms with E-state index < -0.39 is 0 Å². The van der Waals surface area contributed by atoms with Crippen LogP contribution in [0.2, 0.25) is 5.02 Å². The van der Waals surface area contributed by atoms with Crippen molar-refractivity contribution in [3.05, 3.63) is 34.9 Å². The van der Waals surface area contributed by atoms with Crippen LogP contribution in [0.5, 0.6) is 0 Å². The van der Waals surface area contributed by atoms with Gasteiger partial charge in [0.05, 0.1) is 0 Å². The molecule has 0 bridgehead atoms. The first-order valence-electron chi connectivity index (χ1n) is 6.21. The molecule has 0 spiro atoms. The van der Waals surface area contributed by atoms with Gasteiger partial charge in [0.25, 0.3) is 0 Å². The largest absolute Gasteiger partial charge is 0.326 e. The van der Waals surface area contributed by atoms with E-state index in [9.17, 15) is 0 Å². The predicted octanol–water partition coefficient (Wildman–Crippen LogP) is 2.65. The Morgan fingerprint density at radius 2 is 2.24 bits per heavy atom. The normalized spacial score (nSPS) is 22.0. The van der Waals surface area contributed by atoms with Crippen molar-refractivity contribution in [2.45, 2.75) is 31.7 Å². The Morgan fingerprint density at radius 3 is 2.82 bits per heavy atom. The van der Waals surface area contributed by atoms with Crippen LogP contribution in [0.25, 0.3) is 0 Å². The first kappa shape index (κ1) is 12.9. The van der Waals surface area contributed by atoms with Gasteiger partial charge in [-0.3, -0.25) is 0 Å². The van der Waals surface area contributed by atoms with Gasteiger partial charge < -0.3 is 10.6 Å². The Labute approximate surface area is 109 Å². The maximum Gasteiger partial charge on any atom is 0.0408 e. The molecule has 1 fully saturated rings. The Kier molecular flexibility index (Phi) is 3.76.